The highest BCUT2D eigenvalue weighted by atomic mass is 16.1. The highest BCUT2D eigenvalue weighted by Gasteiger charge is 1.86. The molecule has 47 valence electrons. The first-order valence-electron chi connectivity index (χ1n) is 2.66. The summed E-state index contributed by atoms with van der Waals surface area (Å²) in [5.41, 5.74) is 6.70. The molecular weight excluding hydrogens is 104 g/mol. The van der Waals surface area contributed by atoms with Crippen molar-refractivity contribution >= 4 is 5.91 Å². The molecule has 1 radical (unpaired) electrons. The fraction of sp³-hybridized carbons (Fsp3) is 0.800. The average Bonchev–Trinajstić information content (AvgIpc) is 1.66. The lowest BCUT2D eigenvalue weighted by Crippen LogP contribution is -2.21. The van der Waals surface area contributed by atoms with Crippen LogP contribution in [-0.4, -0.2) is 19.0 Å². The molecule has 0 unspecified atom stereocenters. The van der Waals surface area contributed by atoms with E-state index in [4.69, 9.17) is 5.73 Å². The van der Waals surface area contributed by atoms with Crippen LogP contribution < -0.4 is 11.1 Å². The van der Waals surface area contributed by atoms with E-state index in [1.807, 2.05) is 0 Å². The monoisotopic (exact) mass is 115 g/mol. The van der Waals surface area contributed by atoms with Gasteiger partial charge < -0.3 is 5.32 Å². The van der Waals surface area contributed by atoms with Crippen LogP contribution in [0.2, 0.25) is 0 Å². The van der Waals surface area contributed by atoms with E-state index in [-0.39, 0.29) is 5.91 Å². The minimum Gasteiger partial charge on any atom is -0.356 e. The number of hydrogen-bond donors (Lipinski definition) is 1. The summed E-state index contributed by atoms with van der Waals surface area (Å²) in [5.74, 6) is -0.0153. The standard InChI is InChI=1S/C5H11N2O/c1-5(8)7-4-2-3-6/h6H,2-4H2,1H3,(H,7,8). The summed E-state index contributed by atoms with van der Waals surface area (Å²) < 4.78 is 0. The average molecular weight is 115 g/mol. The first-order chi connectivity index (χ1) is 3.77. The molecule has 0 aliphatic rings. The zero-order valence-corrected chi connectivity index (χ0v) is 5.03. The van der Waals surface area contributed by atoms with Crippen molar-refractivity contribution in [2.24, 2.45) is 0 Å². The lowest BCUT2D eigenvalue weighted by Gasteiger charge is -1.96. The van der Waals surface area contributed by atoms with Gasteiger partial charge in [-0.2, -0.15) is 0 Å². The summed E-state index contributed by atoms with van der Waals surface area (Å²) in [5, 5.41) is 2.59. The van der Waals surface area contributed by atoms with E-state index in [1.165, 1.54) is 6.92 Å². The van der Waals surface area contributed by atoms with E-state index in [9.17, 15) is 4.79 Å². The fourth-order valence-corrected chi connectivity index (χ4v) is 0.353. The van der Waals surface area contributed by atoms with Gasteiger partial charge in [-0.05, 0) is 6.42 Å². The third-order valence-electron chi connectivity index (χ3n) is 0.727. The van der Waals surface area contributed by atoms with Crippen molar-refractivity contribution in [1.82, 2.24) is 11.1 Å². The Morgan fingerprint density at radius 1 is 1.75 bits per heavy atom. The topological polar surface area (TPSA) is 52.9 Å². The Morgan fingerprint density at radius 3 is 2.75 bits per heavy atom. The van der Waals surface area contributed by atoms with Crippen LogP contribution in [0.25, 0.3) is 0 Å². The summed E-state index contributed by atoms with van der Waals surface area (Å²) in [6, 6.07) is 0. The molecule has 0 aromatic rings. The zero-order valence-electron chi connectivity index (χ0n) is 5.03. The molecule has 3 heteroatoms. The van der Waals surface area contributed by atoms with E-state index in [1.54, 1.807) is 0 Å². The van der Waals surface area contributed by atoms with Crippen LogP contribution in [0.3, 0.4) is 0 Å². The van der Waals surface area contributed by atoms with E-state index in [2.05, 4.69) is 5.32 Å². The smallest absolute Gasteiger partial charge is 0.216 e. The number of carbonyl (C=O) groups is 1. The molecule has 0 rings (SSSR count). The lowest BCUT2D eigenvalue weighted by molar-refractivity contribution is -0.118. The second-order valence-electron chi connectivity index (χ2n) is 1.59. The summed E-state index contributed by atoms with van der Waals surface area (Å²) in [6.45, 7) is 2.50. The molecule has 0 saturated heterocycles. The van der Waals surface area contributed by atoms with Crippen LogP contribution in [0.4, 0.5) is 0 Å². The van der Waals surface area contributed by atoms with Gasteiger partial charge in [0.2, 0.25) is 5.91 Å². The SMILES string of the molecule is CC(=O)NCCC[NH]. The van der Waals surface area contributed by atoms with Gasteiger partial charge in [0.25, 0.3) is 0 Å². The maximum Gasteiger partial charge on any atom is 0.216 e. The molecule has 0 fully saturated rings. The van der Waals surface area contributed by atoms with Crippen LogP contribution in [-0.2, 0) is 4.79 Å². The highest BCUT2D eigenvalue weighted by molar-refractivity contribution is 5.72. The van der Waals surface area contributed by atoms with Crippen molar-refractivity contribution in [1.29, 1.82) is 0 Å². The van der Waals surface area contributed by atoms with Gasteiger partial charge in [-0.25, -0.2) is 0 Å². The van der Waals surface area contributed by atoms with Crippen molar-refractivity contribution in [3.8, 4) is 0 Å². The van der Waals surface area contributed by atoms with E-state index in [0.29, 0.717) is 13.1 Å². The number of hydrogen-bond acceptors (Lipinski definition) is 1. The van der Waals surface area contributed by atoms with Gasteiger partial charge in [-0.15, -0.1) is 0 Å². The molecule has 2 N–H and O–H groups in total. The Kier molecular flexibility index (Phi) is 4.26. The Bertz CT molecular complexity index is 72.8. The van der Waals surface area contributed by atoms with Crippen molar-refractivity contribution < 1.29 is 4.79 Å². The van der Waals surface area contributed by atoms with Crippen molar-refractivity contribution in [3.05, 3.63) is 0 Å². The molecule has 0 aliphatic heterocycles. The fourth-order valence-electron chi connectivity index (χ4n) is 0.353. The first kappa shape index (κ1) is 7.43. The molecule has 1 amide bonds. The van der Waals surface area contributed by atoms with E-state index in [0.717, 1.165) is 6.42 Å². The van der Waals surface area contributed by atoms with Gasteiger partial charge in [0.1, 0.15) is 0 Å². The maximum atomic E-state index is 10.1. The van der Waals surface area contributed by atoms with Gasteiger partial charge in [0, 0.05) is 20.0 Å². The second kappa shape index (κ2) is 4.59. The number of rotatable bonds is 3. The van der Waals surface area contributed by atoms with Crippen LogP contribution in [0.1, 0.15) is 13.3 Å². The van der Waals surface area contributed by atoms with Crippen LogP contribution >= 0.6 is 0 Å². The minimum absolute atomic E-state index is 0.0153. The Balaban J connectivity index is 2.82. The summed E-state index contributed by atoms with van der Waals surface area (Å²) in [7, 11) is 0. The molecule has 0 aromatic heterocycles. The van der Waals surface area contributed by atoms with Crippen molar-refractivity contribution in [3.63, 3.8) is 0 Å². The third kappa shape index (κ3) is 5.43. The van der Waals surface area contributed by atoms with Crippen LogP contribution in [0.15, 0.2) is 0 Å². The van der Waals surface area contributed by atoms with E-state index < -0.39 is 0 Å². The number of amides is 1. The molecule has 0 heterocycles. The van der Waals surface area contributed by atoms with Gasteiger partial charge in [-0.1, -0.05) is 0 Å². The van der Waals surface area contributed by atoms with Crippen molar-refractivity contribution in [2.45, 2.75) is 13.3 Å². The molecule has 0 aromatic carbocycles. The molecular formula is C5H11N2O. The molecule has 0 aliphatic carbocycles. The summed E-state index contributed by atoms with van der Waals surface area (Å²) in [4.78, 5) is 10.1. The molecule has 0 saturated carbocycles. The molecule has 3 nitrogen and oxygen atoms in total. The molecule has 0 bridgehead atoms. The van der Waals surface area contributed by atoms with Gasteiger partial charge >= 0.3 is 0 Å². The van der Waals surface area contributed by atoms with E-state index >= 15 is 0 Å². The van der Waals surface area contributed by atoms with Crippen LogP contribution in [0, 0.1) is 0 Å². The summed E-state index contributed by atoms with van der Waals surface area (Å²) in [6.07, 6.45) is 0.750. The van der Waals surface area contributed by atoms with Gasteiger partial charge in [0.05, 0.1) is 0 Å². The third-order valence-corrected chi connectivity index (χ3v) is 0.727. The number of carbonyl (C=O) groups excluding carboxylic acids is 1. The summed E-state index contributed by atoms with van der Waals surface area (Å²) >= 11 is 0. The zero-order chi connectivity index (χ0) is 6.41. The predicted molar refractivity (Wildman–Crippen MR) is 31.3 cm³/mol. The highest BCUT2D eigenvalue weighted by Crippen LogP contribution is 1.69. The molecule has 8 heavy (non-hydrogen) atoms. The van der Waals surface area contributed by atoms with Crippen LogP contribution in [0.5, 0.6) is 0 Å². The number of nitrogens with one attached hydrogen (secondary N) is 2. The minimum atomic E-state index is -0.0153. The Labute approximate surface area is 49.3 Å². The lowest BCUT2D eigenvalue weighted by atomic mass is 10.4. The Hall–Kier alpha value is -0.570. The molecule has 0 atom stereocenters. The largest absolute Gasteiger partial charge is 0.356 e. The molecule has 0 spiro atoms. The predicted octanol–water partition coefficient (Wildman–Crippen LogP) is -0.205. The Morgan fingerprint density at radius 2 is 2.38 bits per heavy atom. The first-order valence-corrected chi connectivity index (χ1v) is 2.66. The maximum absolute atomic E-state index is 10.1. The van der Waals surface area contributed by atoms with Crippen molar-refractivity contribution in [2.75, 3.05) is 13.1 Å². The van der Waals surface area contributed by atoms with Gasteiger partial charge in [0.15, 0.2) is 0 Å². The second-order valence-corrected chi connectivity index (χ2v) is 1.59. The quantitative estimate of drug-likeness (QED) is 0.508. The van der Waals surface area contributed by atoms with Gasteiger partial charge in [-0.3, -0.25) is 10.5 Å². The normalized spacial score (nSPS) is 8.75.